The van der Waals surface area contributed by atoms with Crippen molar-refractivity contribution in [2.75, 3.05) is 13.8 Å². The van der Waals surface area contributed by atoms with Crippen LogP contribution in [0.2, 0.25) is 0 Å². The number of hydrogen-bond donors (Lipinski definition) is 1. The summed E-state index contributed by atoms with van der Waals surface area (Å²) < 4.78 is 30.7. The van der Waals surface area contributed by atoms with Crippen molar-refractivity contribution < 1.29 is 27.5 Å². The lowest BCUT2D eigenvalue weighted by Gasteiger charge is -2.14. The van der Waals surface area contributed by atoms with Gasteiger partial charge in [0.05, 0.1) is 21.6 Å². The highest BCUT2D eigenvalue weighted by Gasteiger charge is 2.35. The molecule has 1 heterocycles. The van der Waals surface area contributed by atoms with Gasteiger partial charge in [-0.1, -0.05) is 18.2 Å². The number of nitrogens with zero attached hydrogens (tertiary/aromatic N) is 1. The zero-order valence-electron chi connectivity index (χ0n) is 13.6. The van der Waals surface area contributed by atoms with Crippen molar-refractivity contribution in [2.24, 2.45) is 0 Å². The zero-order valence-corrected chi connectivity index (χ0v) is 14.4. The maximum absolute atomic E-state index is 12.2. The van der Waals surface area contributed by atoms with Gasteiger partial charge in [-0.05, 0) is 37.4 Å². The molecule has 1 aliphatic heterocycles. The Kier molecular flexibility index (Phi) is 4.58. The molecule has 0 atom stereocenters. The van der Waals surface area contributed by atoms with E-state index < -0.39 is 34.5 Å². The molecule has 8 nitrogen and oxygen atoms in total. The van der Waals surface area contributed by atoms with E-state index in [0.717, 1.165) is 11.0 Å². The fraction of sp³-hybridized carbons (Fsp3) is 0.118. The molecule has 2 aromatic carbocycles. The second-order valence-electron chi connectivity index (χ2n) is 5.38. The summed E-state index contributed by atoms with van der Waals surface area (Å²) in [5, 5.41) is 0. The van der Waals surface area contributed by atoms with Crippen molar-refractivity contribution in [1.82, 2.24) is 9.62 Å². The average Bonchev–Trinajstić information content (AvgIpc) is 2.91. The first-order valence-corrected chi connectivity index (χ1v) is 8.99. The van der Waals surface area contributed by atoms with Gasteiger partial charge >= 0.3 is 5.97 Å². The number of rotatable bonds is 5. The molecule has 0 saturated heterocycles. The molecule has 3 rings (SSSR count). The predicted molar refractivity (Wildman–Crippen MR) is 89.9 cm³/mol. The van der Waals surface area contributed by atoms with E-state index in [1.54, 1.807) is 12.1 Å². The van der Waals surface area contributed by atoms with Crippen molar-refractivity contribution in [2.45, 2.75) is 4.90 Å². The number of imide groups is 1. The second kappa shape index (κ2) is 6.70. The quantitative estimate of drug-likeness (QED) is 0.618. The van der Waals surface area contributed by atoms with E-state index in [9.17, 15) is 22.8 Å². The molecule has 134 valence electrons. The van der Waals surface area contributed by atoms with Crippen LogP contribution in [-0.4, -0.2) is 44.9 Å². The third-order valence-corrected chi connectivity index (χ3v) is 5.26. The van der Waals surface area contributed by atoms with Gasteiger partial charge in [0.25, 0.3) is 11.8 Å². The van der Waals surface area contributed by atoms with Crippen LogP contribution in [0.15, 0.2) is 53.4 Å². The first-order chi connectivity index (χ1) is 12.3. The van der Waals surface area contributed by atoms with Gasteiger partial charge in [-0.2, -0.15) is 0 Å². The first-order valence-electron chi connectivity index (χ1n) is 7.51. The molecule has 9 heteroatoms. The lowest BCUT2D eigenvalue weighted by atomic mass is 10.1. The standard InChI is InChI=1S/C17H14N2O6S/c1-18-26(23,24)12-6-4-5-11(9-12)17(22)25-10-19-15(20)13-7-2-3-8-14(13)16(19)21/h2-9,18H,10H2,1H3. The van der Waals surface area contributed by atoms with Crippen molar-refractivity contribution in [3.8, 4) is 0 Å². The summed E-state index contributed by atoms with van der Waals surface area (Å²) >= 11 is 0. The molecule has 1 N–H and O–H groups in total. The number of carbonyl (C=O) groups is 3. The van der Waals surface area contributed by atoms with Crippen LogP contribution in [0.25, 0.3) is 0 Å². The predicted octanol–water partition coefficient (Wildman–Crippen LogP) is 1.01. The van der Waals surface area contributed by atoms with Crippen molar-refractivity contribution >= 4 is 27.8 Å². The summed E-state index contributed by atoms with van der Waals surface area (Å²) in [7, 11) is -2.46. The summed E-state index contributed by atoms with van der Waals surface area (Å²) in [5.41, 5.74) is 0.476. The van der Waals surface area contributed by atoms with Crippen LogP contribution < -0.4 is 4.72 Å². The Morgan fingerprint density at radius 3 is 2.23 bits per heavy atom. The zero-order chi connectivity index (χ0) is 18.9. The number of ether oxygens (including phenoxy) is 1. The van der Waals surface area contributed by atoms with E-state index in [0.29, 0.717) is 0 Å². The summed E-state index contributed by atoms with van der Waals surface area (Å²) in [4.78, 5) is 37.3. The molecule has 1 aliphatic rings. The Hall–Kier alpha value is -3.04. The van der Waals surface area contributed by atoms with Gasteiger partial charge in [-0.15, -0.1) is 0 Å². The number of fused-ring (bicyclic) bond motifs is 1. The monoisotopic (exact) mass is 374 g/mol. The molecule has 0 radical (unpaired) electrons. The van der Waals surface area contributed by atoms with E-state index in [1.807, 2.05) is 0 Å². The lowest BCUT2D eigenvalue weighted by molar-refractivity contribution is 0.0228. The average molecular weight is 374 g/mol. The maximum Gasteiger partial charge on any atom is 0.339 e. The SMILES string of the molecule is CNS(=O)(=O)c1cccc(C(=O)OCN2C(=O)c3ccccc3C2=O)c1. The van der Waals surface area contributed by atoms with Gasteiger partial charge < -0.3 is 4.74 Å². The number of carbonyl (C=O) groups excluding carboxylic acids is 3. The van der Waals surface area contributed by atoms with Crippen molar-refractivity contribution in [3.63, 3.8) is 0 Å². The highest BCUT2D eigenvalue weighted by atomic mass is 32.2. The van der Waals surface area contributed by atoms with Gasteiger partial charge in [0.1, 0.15) is 0 Å². The van der Waals surface area contributed by atoms with E-state index in [2.05, 4.69) is 4.72 Å². The van der Waals surface area contributed by atoms with Crippen LogP contribution >= 0.6 is 0 Å². The van der Waals surface area contributed by atoms with Crippen molar-refractivity contribution in [3.05, 3.63) is 65.2 Å². The fourth-order valence-electron chi connectivity index (χ4n) is 2.47. The molecule has 0 saturated carbocycles. The Labute approximate surface area is 149 Å². The Balaban J connectivity index is 1.74. The summed E-state index contributed by atoms with van der Waals surface area (Å²) in [6.45, 7) is -0.561. The second-order valence-corrected chi connectivity index (χ2v) is 7.27. The van der Waals surface area contributed by atoms with E-state index in [1.165, 1.54) is 37.4 Å². The molecule has 0 unspecified atom stereocenters. The smallest absolute Gasteiger partial charge is 0.339 e. The van der Waals surface area contributed by atoms with Crippen LogP contribution in [0.5, 0.6) is 0 Å². The normalized spacial score (nSPS) is 13.7. The molecular weight excluding hydrogens is 360 g/mol. The fourth-order valence-corrected chi connectivity index (χ4v) is 3.25. The highest BCUT2D eigenvalue weighted by molar-refractivity contribution is 7.89. The first kappa shape index (κ1) is 17.8. The molecule has 2 amide bonds. The van der Waals surface area contributed by atoms with E-state index in [-0.39, 0.29) is 21.6 Å². The number of hydrogen-bond acceptors (Lipinski definition) is 6. The molecular formula is C17H14N2O6S. The minimum Gasteiger partial charge on any atom is -0.440 e. The number of amides is 2. The molecule has 0 fully saturated rings. The van der Waals surface area contributed by atoms with E-state index in [4.69, 9.17) is 4.74 Å². The Bertz CT molecular complexity index is 980. The maximum atomic E-state index is 12.2. The largest absolute Gasteiger partial charge is 0.440 e. The minimum atomic E-state index is -3.72. The van der Waals surface area contributed by atoms with Crippen LogP contribution in [0, 0.1) is 0 Å². The number of nitrogens with one attached hydrogen (secondary N) is 1. The Morgan fingerprint density at radius 1 is 1.04 bits per heavy atom. The molecule has 0 aromatic heterocycles. The van der Waals surface area contributed by atoms with Crippen LogP contribution in [0.1, 0.15) is 31.1 Å². The number of esters is 1. The van der Waals surface area contributed by atoms with Gasteiger partial charge in [0, 0.05) is 0 Å². The van der Waals surface area contributed by atoms with Gasteiger partial charge in [-0.3, -0.25) is 9.59 Å². The van der Waals surface area contributed by atoms with Crippen LogP contribution in [0.3, 0.4) is 0 Å². The topological polar surface area (TPSA) is 110 Å². The molecule has 0 aliphatic carbocycles. The third kappa shape index (κ3) is 3.09. The third-order valence-electron chi connectivity index (χ3n) is 3.85. The Morgan fingerprint density at radius 2 is 1.65 bits per heavy atom. The summed E-state index contributed by atoms with van der Waals surface area (Å²) in [6, 6.07) is 11.5. The summed E-state index contributed by atoms with van der Waals surface area (Å²) in [5.74, 6) is -1.95. The molecule has 26 heavy (non-hydrogen) atoms. The summed E-state index contributed by atoms with van der Waals surface area (Å²) in [6.07, 6.45) is 0. The lowest BCUT2D eigenvalue weighted by Crippen LogP contribution is -2.33. The van der Waals surface area contributed by atoms with Crippen LogP contribution in [0.4, 0.5) is 0 Å². The highest BCUT2D eigenvalue weighted by Crippen LogP contribution is 2.22. The molecule has 0 bridgehead atoms. The molecule has 2 aromatic rings. The van der Waals surface area contributed by atoms with Crippen molar-refractivity contribution in [1.29, 1.82) is 0 Å². The minimum absolute atomic E-state index is 0.0158. The molecule has 0 spiro atoms. The number of benzene rings is 2. The van der Waals surface area contributed by atoms with Gasteiger partial charge in [-0.25, -0.2) is 22.8 Å². The van der Waals surface area contributed by atoms with Gasteiger partial charge in [0.15, 0.2) is 6.73 Å². The van der Waals surface area contributed by atoms with E-state index >= 15 is 0 Å². The number of sulfonamides is 1. The van der Waals surface area contributed by atoms with Gasteiger partial charge in [0.2, 0.25) is 10.0 Å². The van der Waals surface area contributed by atoms with Crippen LogP contribution in [-0.2, 0) is 14.8 Å².